The van der Waals surface area contributed by atoms with Gasteiger partial charge in [-0.25, -0.2) is 21.6 Å². The van der Waals surface area contributed by atoms with E-state index in [1.807, 2.05) is 4.72 Å². The number of sulfonamides is 1. The van der Waals surface area contributed by atoms with Gasteiger partial charge in [-0.3, -0.25) is 4.72 Å². The van der Waals surface area contributed by atoms with Crippen molar-refractivity contribution in [2.24, 2.45) is 0 Å². The van der Waals surface area contributed by atoms with Crippen LogP contribution in [0.25, 0.3) is 0 Å². The molecule has 0 amide bonds. The molecule has 9 heteroatoms. The summed E-state index contributed by atoms with van der Waals surface area (Å²) in [4.78, 5) is -0.673. The molecule has 0 aliphatic carbocycles. The van der Waals surface area contributed by atoms with Gasteiger partial charge in [-0.2, -0.15) is 0 Å². The SMILES string of the molecule is Nc1cc(NS(=O)(=O)c2ccc(Br)cc2F)c(F)cc1F. The summed E-state index contributed by atoms with van der Waals surface area (Å²) < 4.78 is 66.4. The summed E-state index contributed by atoms with van der Waals surface area (Å²) >= 11 is 2.99. The van der Waals surface area contributed by atoms with Gasteiger partial charge in [0.05, 0.1) is 11.4 Å². The van der Waals surface area contributed by atoms with Crippen molar-refractivity contribution in [1.82, 2.24) is 0 Å². The second-order valence-corrected chi connectivity index (χ2v) is 6.60. The highest BCUT2D eigenvalue weighted by molar-refractivity contribution is 9.10. The summed E-state index contributed by atoms with van der Waals surface area (Å²) in [6.45, 7) is 0. The lowest BCUT2D eigenvalue weighted by Gasteiger charge is -2.11. The van der Waals surface area contributed by atoms with Crippen LogP contribution in [-0.4, -0.2) is 8.42 Å². The number of nitrogens with one attached hydrogen (secondary N) is 1. The van der Waals surface area contributed by atoms with Gasteiger partial charge in [-0.05, 0) is 24.3 Å². The van der Waals surface area contributed by atoms with Gasteiger partial charge in [0.15, 0.2) is 0 Å². The van der Waals surface area contributed by atoms with E-state index >= 15 is 0 Å². The van der Waals surface area contributed by atoms with Crippen molar-refractivity contribution < 1.29 is 21.6 Å². The Hall–Kier alpha value is -1.74. The summed E-state index contributed by atoms with van der Waals surface area (Å²) in [5.41, 5.74) is 4.23. The van der Waals surface area contributed by atoms with Gasteiger partial charge < -0.3 is 5.73 Å². The second-order valence-electron chi connectivity index (χ2n) is 4.03. The molecule has 0 saturated carbocycles. The average Bonchev–Trinajstić information content (AvgIpc) is 2.35. The molecular weight excluding hydrogens is 373 g/mol. The number of benzene rings is 2. The normalized spacial score (nSPS) is 11.4. The Bertz CT molecular complexity index is 812. The number of nitrogens with two attached hydrogens (primary N) is 1. The van der Waals surface area contributed by atoms with Crippen LogP contribution in [-0.2, 0) is 10.0 Å². The summed E-state index contributed by atoms with van der Waals surface area (Å²) in [5, 5.41) is 0. The Kier molecular flexibility index (Phi) is 4.15. The van der Waals surface area contributed by atoms with Gasteiger partial charge in [0.1, 0.15) is 22.3 Å². The molecule has 0 fully saturated rings. The standard InChI is InChI=1S/C12H8BrF3N2O2S/c13-6-1-2-12(9(16)3-6)21(19,20)18-11-5-10(17)7(14)4-8(11)15/h1-5,18H,17H2. The largest absolute Gasteiger partial charge is 0.396 e. The molecule has 0 bridgehead atoms. The number of hydrogen-bond donors (Lipinski definition) is 2. The maximum atomic E-state index is 13.7. The van der Waals surface area contributed by atoms with Gasteiger partial charge in [0.25, 0.3) is 10.0 Å². The van der Waals surface area contributed by atoms with Crippen molar-refractivity contribution in [3.63, 3.8) is 0 Å². The van der Waals surface area contributed by atoms with Crippen LogP contribution in [0.2, 0.25) is 0 Å². The Morgan fingerprint density at radius 2 is 1.67 bits per heavy atom. The van der Waals surface area contributed by atoms with Gasteiger partial charge in [-0.15, -0.1) is 0 Å². The zero-order valence-electron chi connectivity index (χ0n) is 10.2. The lowest BCUT2D eigenvalue weighted by molar-refractivity contribution is 0.567. The first kappa shape index (κ1) is 15.6. The van der Waals surface area contributed by atoms with Crippen molar-refractivity contribution in [2.75, 3.05) is 10.5 Å². The summed E-state index contributed by atoms with van der Waals surface area (Å²) in [6, 6.07) is 4.48. The third-order valence-electron chi connectivity index (χ3n) is 2.51. The Labute approximate surface area is 127 Å². The van der Waals surface area contributed by atoms with Crippen LogP contribution < -0.4 is 10.5 Å². The summed E-state index contributed by atoms with van der Waals surface area (Å²) in [7, 11) is -4.38. The summed E-state index contributed by atoms with van der Waals surface area (Å²) in [5.74, 6) is -3.21. The molecule has 2 aromatic carbocycles. The molecule has 0 unspecified atom stereocenters. The minimum Gasteiger partial charge on any atom is -0.396 e. The molecule has 4 nitrogen and oxygen atoms in total. The molecule has 112 valence electrons. The maximum absolute atomic E-state index is 13.7. The number of rotatable bonds is 3. The lowest BCUT2D eigenvalue weighted by atomic mass is 10.2. The first-order chi connectivity index (χ1) is 9.70. The molecular formula is C12H8BrF3N2O2S. The smallest absolute Gasteiger partial charge is 0.264 e. The fourth-order valence-electron chi connectivity index (χ4n) is 1.54. The van der Waals surface area contributed by atoms with Gasteiger partial charge in [0, 0.05) is 10.5 Å². The molecule has 0 aliphatic heterocycles. The molecule has 0 atom stereocenters. The minimum absolute atomic E-state index is 0.344. The van der Waals surface area contributed by atoms with E-state index in [0.717, 1.165) is 18.2 Å². The monoisotopic (exact) mass is 380 g/mol. The highest BCUT2D eigenvalue weighted by atomic mass is 79.9. The zero-order chi connectivity index (χ0) is 15.8. The minimum atomic E-state index is -4.38. The molecule has 0 radical (unpaired) electrons. The molecule has 2 aromatic rings. The third-order valence-corrected chi connectivity index (χ3v) is 4.41. The number of nitrogen functional groups attached to an aromatic ring is 1. The quantitative estimate of drug-likeness (QED) is 0.802. The fourth-order valence-corrected chi connectivity index (χ4v) is 2.99. The zero-order valence-corrected chi connectivity index (χ0v) is 12.6. The van der Waals surface area contributed by atoms with Crippen LogP contribution in [0, 0.1) is 17.5 Å². The number of hydrogen-bond acceptors (Lipinski definition) is 3. The Morgan fingerprint density at radius 1 is 1.00 bits per heavy atom. The molecule has 3 N–H and O–H groups in total. The summed E-state index contributed by atoms with van der Waals surface area (Å²) in [6.07, 6.45) is 0. The fraction of sp³-hybridized carbons (Fsp3) is 0. The van der Waals surface area contributed by atoms with Crippen molar-refractivity contribution in [3.05, 3.63) is 52.3 Å². The second kappa shape index (κ2) is 5.57. The van der Waals surface area contributed by atoms with Crippen LogP contribution in [0.4, 0.5) is 24.5 Å². The van der Waals surface area contributed by atoms with Crippen molar-refractivity contribution in [3.8, 4) is 0 Å². The average molecular weight is 381 g/mol. The Morgan fingerprint density at radius 3 is 2.29 bits per heavy atom. The first-order valence-corrected chi connectivity index (χ1v) is 7.71. The lowest BCUT2D eigenvalue weighted by Crippen LogP contribution is -2.16. The van der Waals surface area contributed by atoms with Gasteiger partial charge in [-0.1, -0.05) is 15.9 Å². The molecule has 21 heavy (non-hydrogen) atoms. The van der Waals surface area contributed by atoms with Gasteiger partial charge >= 0.3 is 0 Å². The predicted molar refractivity (Wildman–Crippen MR) is 75.7 cm³/mol. The van der Waals surface area contributed by atoms with Crippen LogP contribution in [0.1, 0.15) is 0 Å². The topological polar surface area (TPSA) is 72.2 Å². The molecule has 0 aliphatic rings. The van der Waals surface area contributed by atoms with E-state index in [0.29, 0.717) is 10.5 Å². The first-order valence-electron chi connectivity index (χ1n) is 5.43. The molecule has 0 saturated heterocycles. The van der Waals surface area contributed by atoms with Crippen molar-refractivity contribution in [2.45, 2.75) is 4.90 Å². The maximum Gasteiger partial charge on any atom is 0.264 e. The highest BCUT2D eigenvalue weighted by Crippen LogP contribution is 2.26. The molecule has 0 aromatic heterocycles. The van der Waals surface area contributed by atoms with Crippen molar-refractivity contribution >= 4 is 37.3 Å². The molecule has 0 spiro atoms. The van der Waals surface area contributed by atoms with E-state index in [1.165, 1.54) is 6.07 Å². The number of anilines is 2. The number of halogens is 4. The predicted octanol–water partition coefficient (Wildman–Crippen LogP) is 3.25. The highest BCUT2D eigenvalue weighted by Gasteiger charge is 2.21. The van der Waals surface area contributed by atoms with Gasteiger partial charge in [0.2, 0.25) is 0 Å². The van der Waals surface area contributed by atoms with E-state index in [1.54, 1.807) is 0 Å². The van der Waals surface area contributed by atoms with Crippen LogP contribution in [0.3, 0.4) is 0 Å². The van der Waals surface area contributed by atoms with E-state index < -0.39 is 43.7 Å². The third kappa shape index (κ3) is 3.30. The van der Waals surface area contributed by atoms with Crippen LogP contribution in [0.15, 0.2) is 39.7 Å². The van der Waals surface area contributed by atoms with Crippen LogP contribution in [0.5, 0.6) is 0 Å². The van der Waals surface area contributed by atoms with E-state index in [2.05, 4.69) is 15.9 Å². The Balaban J connectivity index is 2.45. The van der Waals surface area contributed by atoms with Crippen molar-refractivity contribution in [1.29, 1.82) is 0 Å². The van der Waals surface area contributed by atoms with E-state index in [9.17, 15) is 21.6 Å². The van der Waals surface area contributed by atoms with Crippen LogP contribution >= 0.6 is 15.9 Å². The van der Waals surface area contributed by atoms with E-state index in [4.69, 9.17) is 5.73 Å². The molecule has 0 heterocycles. The molecule has 2 rings (SSSR count). The van der Waals surface area contributed by atoms with E-state index in [-0.39, 0.29) is 0 Å².